The van der Waals surface area contributed by atoms with Crippen molar-refractivity contribution < 1.29 is 4.74 Å². The summed E-state index contributed by atoms with van der Waals surface area (Å²) in [6, 6.07) is 4.61. The zero-order valence-electron chi connectivity index (χ0n) is 12.1. The molecule has 19 heavy (non-hydrogen) atoms. The minimum Gasteiger partial charge on any atom is -0.496 e. The van der Waals surface area contributed by atoms with Gasteiger partial charge in [0.15, 0.2) is 0 Å². The Balaban J connectivity index is 2.28. The summed E-state index contributed by atoms with van der Waals surface area (Å²) in [5, 5.41) is 4.38. The van der Waals surface area contributed by atoms with Crippen LogP contribution in [0.4, 0.5) is 0 Å². The van der Waals surface area contributed by atoms with Gasteiger partial charge in [0, 0.05) is 16.6 Å². The Morgan fingerprint density at radius 3 is 2.74 bits per heavy atom. The van der Waals surface area contributed by atoms with E-state index in [0.29, 0.717) is 12.0 Å². The highest BCUT2D eigenvalue weighted by Crippen LogP contribution is 2.34. The number of ether oxygens (including phenoxy) is 1. The average Bonchev–Trinajstić information content (AvgIpc) is 2.38. The van der Waals surface area contributed by atoms with E-state index in [9.17, 15) is 0 Å². The molecule has 1 aliphatic heterocycles. The predicted molar refractivity (Wildman–Crippen MR) is 81.4 cm³/mol. The summed E-state index contributed by atoms with van der Waals surface area (Å²) in [6.07, 6.45) is 4.93. The van der Waals surface area contributed by atoms with Gasteiger partial charge in [-0.15, -0.1) is 0 Å². The van der Waals surface area contributed by atoms with E-state index in [1.165, 1.54) is 30.4 Å². The highest BCUT2D eigenvalue weighted by molar-refractivity contribution is 6.30. The number of hydrogen-bond acceptors (Lipinski definition) is 2. The summed E-state index contributed by atoms with van der Waals surface area (Å²) < 4.78 is 5.51. The number of hydrogen-bond donors (Lipinski definition) is 1. The molecule has 1 aromatic rings. The Hall–Kier alpha value is -0.730. The zero-order valence-corrected chi connectivity index (χ0v) is 12.9. The summed E-state index contributed by atoms with van der Waals surface area (Å²) in [7, 11) is 1.72. The Bertz CT molecular complexity index is 425. The van der Waals surface area contributed by atoms with Crippen molar-refractivity contribution in [2.45, 2.75) is 51.5 Å². The number of halogens is 1. The summed E-state index contributed by atoms with van der Waals surface area (Å²) >= 11 is 6.22. The number of rotatable bonds is 4. The van der Waals surface area contributed by atoms with E-state index in [-0.39, 0.29) is 0 Å². The van der Waals surface area contributed by atoms with Gasteiger partial charge in [0.2, 0.25) is 0 Å². The first-order valence-corrected chi connectivity index (χ1v) is 7.59. The van der Waals surface area contributed by atoms with Crippen molar-refractivity contribution in [1.29, 1.82) is 0 Å². The molecule has 0 spiro atoms. The molecule has 0 aromatic heterocycles. The lowest BCUT2D eigenvalue weighted by Gasteiger charge is -2.26. The van der Waals surface area contributed by atoms with Crippen molar-refractivity contribution >= 4 is 11.6 Å². The molecule has 0 bridgehead atoms. The summed E-state index contributed by atoms with van der Waals surface area (Å²) in [5.41, 5.74) is 2.64. The summed E-state index contributed by atoms with van der Waals surface area (Å²) in [5.74, 6) is 1.37. The van der Waals surface area contributed by atoms with Gasteiger partial charge in [-0.2, -0.15) is 0 Å². The third-order valence-corrected chi connectivity index (χ3v) is 4.09. The van der Waals surface area contributed by atoms with E-state index in [1.54, 1.807) is 7.11 Å². The molecule has 0 saturated carbocycles. The molecule has 106 valence electrons. The molecule has 0 aliphatic carbocycles. The lowest BCUT2D eigenvalue weighted by Crippen LogP contribution is -2.35. The van der Waals surface area contributed by atoms with Crippen LogP contribution >= 0.6 is 11.6 Å². The van der Waals surface area contributed by atoms with Crippen molar-refractivity contribution in [2.24, 2.45) is 0 Å². The summed E-state index contributed by atoms with van der Waals surface area (Å²) in [4.78, 5) is 0. The van der Waals surface area contributed by atoms with E-state index >= 15 is 0 Å². The maximum Gasteiger partial charge on any atom is 0.124 e. The molecule has 2 nitrogen and oxygen atoms in total. The van der Waals surface area contributed by atoms with Gasteiger partial charge in [0.25, 0.3) is 0 Å². The molecule has 0 radical (unpaired) electrons. The maximum atomic E-state index is 6.22. The molecule has 1 aliphatic rings. The van der Waals surface area contributed by atoms with Crippen LogP contribution in [-0.2, 0) is 6.42 Å². The molecule has 1 heterocycles. The summed E-state index contributed by atoms with van der Waals surface area (Å²) in [6.45, 7) is 5.56. The van der Waals surface area contributed by atoms with Crippen molar-refractivity contribution in [3.8, 4) is 5.75 Å². The highest BCUT2D eigenvalue weighted by atomic mass is 35.5. The lowest BCUT2D eigenvalue weighted by atomic mass is 9.90. The fourth-order valence-corrected chi connectivity index (χ4v) is 3.23. The molecule has 1 N–H and O–H groups in total. The van der Waals surface area contributed by atoms with Crippen LogP contribution in [0.1, 0.15) is 50.2 Å². The number of nitrogens with one attached hydrogen (secondary N) is 1. The van der Waals surface area contributed by atoms with E-state index in [0.717, 1.165) is 23.7 Å². The van der Waals surface area contributed by atoms with Crippen molar-refractivity contribution in [2.75, 3.05) is 13.7 Å². The molecule has 2 rings (SSSR count). The fraction of sp³-hybridized carbons (Fsp3) is 0.625. The molecule has 1 saturated heterocycles. The van der Waals surface area contributed by atoms with Crippen LogP contribution in [-0.4, -0.2) is 19.7 Å². The van der Waals surface area contributed by atoms with Crippen molar-refractivity contribution in [3.05, 3.63) is 28.3 Å². The normalized spacial score (nSPS) is 19.7. The average molecular weight is 282 g/mol. The molecule has 3 heteroatoms. The molecule has 1 unspecified atom stereocenters. The van der Waals surface area contributed by atoms with E-state index in [2.05, 4.69) is 25.2 Å². The van der Waals surface area contributed by atoms with E-state index in [1.807, 2.05) is 6.07 Å². The van der Waals surface area contributed by atoms with Crippen molar-refractivity contribution in [3.63, 3.8) is 0 Å². The van der Waals surface area contributed by atoms with Crippen molar-refractivity contribution in [1.82, 2.24) is 5.32 Å². The monoisotopic (exact) mass is 281 g/mol. The Labute approximate surface area is 121 Å². The van der Waals surface area contributed by atoms with Gasteiger partial charge in [-0.25, -0.2) is 0 Å². The molecule has 1 fully saturated rings. The zero-order chi connectivity index (χ0) is 13.8. The van der Waals surface area contributed by atoms with Gasteiger partial charge in [0.1, 0.15) is 5.75 Å². The van der Waals surface area contributed by atoms with Gasteiger partial charge in [0.05, 0.1) is 7.11 Å². The van der Waals surface area contributed by atoms with Gasteiger partial charge in [-0.3, -0.25) is 0 Å². The molecular weight excluding hydrogens is 258 g/mol. The van der Waals surface area contributed by atoms with Gasteiger partial charge < -0.3 is 10.1 Å². The smallest absolute Gasteiger partial charge is 0.124 e. The topological polar surface area (TPSA) is 21.3 Å². The molecular formula is C16H24ClNO. The Kier molecular flexibility index (Phi) is 5.12. The fourth-order valence-electron chi connectivity index (χ4n) is 3.00. The van der Waals surface area contributed by atoms with E-state index < -0.39 is 0 Å². The van der Waals surface area contributed by atoms with Crippen LogP contribution in [0.15, 0.2) is 12.1 Å². The Morgan fingerprint density at radius 1 is 1.37 bits per heavy atom. The van der Waals surface area contributed by atoms with Crippen LogP contribution in [0, 0.1) is 0 Å². The first-order chi connectivity index (χ1) is 9.11. The van der Waals surface area contributed by atoms with Crippen LogP contribution in [0.3, 0.4) is 0 Å². The first kappa shape index (κ1) is 14.7. The third kappa shape index (κ3) is 3.64. The second kappa shape index (κ2) is 6.62. The third-order valence-electron chi connectivity index (χ3n) is 3.87. The van der Waals surface area contributed by atoms with Gasteiger partial charge >= 0.3 is 0 Å². The highest BCUT2D eigenvalue weighted by Gasteiger charge is 2.19. The second-order valence-electron chi connectivity index (χ2n) is 5.69. The number of benzene rings is 1. The predicted octanol–water partition coefficient (Wildman–Crippen LogP) is 4.16. The minimum absolute atomic E-state index is 0.450. The standard InChI is InChI=1S/C16H24ClNO/c1-11(2)16-12(8-13(17)10-15(16)19-3)9-14-6-4-5-7-18-14/h8,10-11,14,18H,4-7,9H2,1-3H3. The van der Waals surface area contributed by atoms with Gasteiger partial charge in [-0.05, 0) is 49.4 Å². The van der Waals surface area contributed by atoms with Crippen LogP contribution in [0.2, 0.25) is 5.02 Å². The largest absolute Gasteiger partial charge is 0.496 e. The minimum atomic E-state index is 0.450. The molecule has 1 atom stereocenters. The number of piperidine rings is 1. The Morgan fingerprint density at radius 2 is 2.16 bits per heavy atom. The second-order valence-corrected chi connectivity index (χ2v) is 6.12. The molecule has 0 amide bonds. The molecule has 1 aromatic carbocycles. The number of methoxy groups -OCH3 is 1. The SMILES string of the molecule is COc1cc(Cl)cc(CC2CCCCN2)c1C(C)C. The van der Waals surface area contributed by atoms with Gasteiger partial charge in [-0.1, -0.05) is 31.9 Å². The quantitative estimate of drug-likeness (QED) is 0.895. The van der Waals surface area contributed by atoms with Crippen LogP contribution < -0.4 is 10.1 Å². The first-order valence-electron chi connectivity index (χ1n) is 7.21. The van der Waals surface area contributed by atoms with Crippen LogP contribution in [0.5, 0.6) is 5.75 Å². The van der Waals surface area contributed by atoms with E-state index in [4.69, 9.17) is 16.3 Å². The lowest BCUT2D eigenvalue weighted by molar-refractivity contribution is 0.392. The maximum absolute atomic E-state index is 6.22. The van der Waals surface area contributed by atoms with Crippen LogP contribution in [0.25, 0.3) is 0 Å².